The zero-order valence-corrected chi connectivity index (χ0v) is 14.2. The summed E-state index contributed by atoms with van der Waals surface area (Å²) in [6.07, 6.45) is 5.08. The first-order chi connectivity index (χ1) is 10.3. The molecule has 0 bridgehead atoms. The molecule has 0 unspecified atom stereocenters. The van der Waals surface area contributed by atoms with Gasteiger partial charge in [0, 0.05) is 32.6 Å². The standard InChI is InChI=1S/C14H22BN3O3Si/c1-22(2,3)7-6-21-11-18-10-12(9-17-18)14-8-13(15(19)20)4-5-16-14/h4-5,8-10,19-20H,6-7,11H2,1-3H3. The molecule has 0 aliphatic rings. The van der Waals surface area contributed by atoms with E-state index in [0.29, 0.717) is 17.9 Å². The number of rotatable bonds is 7. The van der Waals surface area contributed by atoms with Crippen LogP contribution in [-0.4, -0.2) is 46.6 Å². The van der Waals surface area contributed by atoms with Gasteiger partial charge in [-0.3, -0.25) is 4.98 Å². The highest BCUT2D eigenvalue weighted by molar-refractivity contribution is 6.76. The van der Waals surface area contributed by atoms with Gasteiger partial charge in [-0.05, 0) is 23.6 Å². The molecule has 22 heavy (non-hydrogen) atoms. The van der Waals surface area contributed by atoms with Gasteiger partial charge in [0.1, 0.15) is 6.73 Å². The second-order valence-electron chi connectivity index (χ2n) is 6.46. The lowest BCUT2D eigenvalue weighted by Crippen LogP contribution is -2.29. The maximum Gasteiger partial charge on any atom is 0.488 e. The van der Waals surface area contributed by atoms with Crippen LogP contribution in [0.25, 0.3) is 11.3 Å². The van der Waals surface area contributed by atoms with Crippen LogP contribution >= 0.6 is 0 Å². The van der Waals surface area contributed by atoms with Gasteiger partial charge >= 0.3 is 7.12 Å². The predicted octanol–water partition coefficient (Wildman–Crippen LogP) is 0.937. The predicted molar refractivity (Wildman–Crippen MR) is 89.4 cm³/mol. The number of aromatic nitrogens is 3. The quantitative estimate of drug-likeness (QED) is 0.586. The summed E-state index contributed by atoms with van der Waals surface area (Å²) in [5.41, 5.74) is 1.87. The van der Waals surface area contributed by atoms with Crippen LogP contribution < -0.4 is 5.46 Å². The first-order valence-electron chi connectivity index (χ1n) is 7.28. The van der Waals surface area contributed by atoms with Gasteiger partial charge in [-0.15, -0.1) is 0 Å². The summed E-state index contributed by atoms with van der Waals surface area (Å²) in [7, 11) is -2.57. The third-order valence-corrected chi connectivity index (χ3v) is 4.94. The van der Waals surface area contributed by atoms with Crippen LogP contribution in [0.3, 0.4) is 0 Å². The summed E-state index contributed by atoms with van der Waals surface area (Å²) < 4.78 is 7.35. The van der Waals surface area contributed by atoms with Crippen molar-refractivity contribution in [2.45, 2.75) is 32.4 Å². The highest BCUT2D eigenvalue weighted by Crippen LogP contribution is 2.14. The van der Waals surface area contributed by atoms with Crippen LogP contribution in [0.4, 0.5) is 0 Å². The fourth-order valence-electron chi connectivity index (χ4n) is 1.87. The minimum absolute atomic E-state index is 0.407. The summed E-state index contributed by atoms with van der Waals surface area (Å²) in [6, 6.07) is 4.33. The van der Waals surface area contributed by atoms with Crippen LogP contribution in [0.2, 0.25) is 25.7 Å². The largest absolute Gasteiger partial charge is 0.488 e. The fourth-order valence-corrected chi connectivity index (χ4v) is 2.62. The Hall–Kier alpha value is -1.48. The van der Waals surface area contributed by atoms with Crippen LogP contribution in [-0.2, 0) is 11.5 Å². The number of ether oxygens (including phenoxy) is 1. The maximum absolute atomic E-state index is 9.20. The highest BCUT2D eigenvalue weighted by atomic mass is 28.3. The summed E-state index contributed by atoms with van der Waals surface area (Å²) in [5.74, 6) is 0. The Morgan fingerprint density at radius 2 is 2.09 bits per heavy atom. The first-order valence-corrected chi connectivity index (χ1v) is 11.0. The van der Waals surface area contributed by atoms with E-state index < -0.39 is 15.2 Å². The molecule has 2 N–H and O–H groups in total. The maximum atomic E-state index is 9.20. The Bertz CT molecular complexity index is 613. The van der Waals surface area contributed by atoms with Gasteiger partial charge in [0.25, 0.3) is 0 Å². The van der Waals surface area contributed by atoms with Crippen molar-refractivity contribution in [1.82, 2.24) is 14.8 Å². The number of nitrogens with zero attached hydrogens (tertiary/aromatic N) is 3. The summed E-state index contributed by atoms with van der Waals surface area (Å²) >= 11 is 0. The van der Waals surface area contributed by atoms with Crippen molar-refractivity contribution in [3.8, 4) is 11.3 Å². The van der Waals surface area contributed by atoms with Gasteiger partial charge in [-0.25, -0.2) is 4.68 Å². The summed E-state index contributed by atoms with van der Waals surface area (Å²) in [4.78, 5) is 4.22. The van der Waals surface area contributed by atoms with Gasteiger partial charge in [0.15, 0.2) is 0 Å². The zero-order valence-electron chi connectivity index (χ0n) is 13.2. The van der Waals surface area contributed by atoms with Crippen molar-refractivity contribution >= 4 is 20.7 Å². The molecule has 0 atom stereocenters. The molecule has 2 aromatic rings. The lowest BCUT2D eigenvalue weighted by molar-refractivity contribution is 0.0786. The van der Waals surface area contributed by atoms with Crippen LogP contribution in [0.1, 0.15) is 0 Å². The molecule has 2 rings (SSSR count). The Labute approximate surface area is 131 Å². The minimum atomic E-state index is -1.50. The molecule has 118 valence electrons. The Kier molecular flexibility index (Phi) is 5.52. The molecule has 0 saturated carbocycles. The van der Waals surface area contributed by atoms with Gasteiger partial charge in [0.05, 0.1) is 11.9 Å². The van der Waals surface area contributed by atoms with E-state index in [9.17, 15) is 10.0 Å². The fraction of sp³-hybridized carbons (Fsp3) is 0.429. The molecule has 0 aliphatic carbocycles. The van der Waals surface area contributed by atoms with E-state index in [4.69, 9.17) is 4.74 Å². The van der Waals surface area contributed by atoms with Crippen molar-refractivity contribution in [2.75, 3.05) is 6.61 Å². The number of hydrogen-bond donors (Lipinski definition) is 2. The average Bonchev–Trinajstić information content (AvgIpc) is 2.91. The molecule has 0 amide bonds. The topological polar surface area (TPSA) is 80.4 Å². The van der Waals surface area contributed by atoms with E-state index in [0.717, 1.165) is 18.2 Å². The third kappa shape index (κ3) is 5.06. The van der Waals surface area contributed by atoms with Crippen LogP contribution in [0.5, 0.6) is 0 Å². The van der Waals surface area contributed by atoms with Crippen LogP contribution in [0.15, 0.2) is 30.7 Å². The first kappa shape index (κ1) is 16.9. The molecule has 6 nitrogen and oxygen atoms in total. The SMILES string of the molecule is C[Si](C)(C)CCOCn1cc(-c2cc(B(O)O)ccn2)cn1. The molecule has 0 fully saturated rings. The zero-order chi connectivity index (χ0) is 16.2. The molecule has 0 spiro atoms. The summed E-state index contributed by atoms with van der Waals surface area (Å²) in [5, 5.41) is 22.6. The average molecular weight is 319 g/mol. The Morgan fingerprint density at radius 1 is 1.32 bits per heavy atom. The molecule has 8 heteroatoms. The van der Waals surface area contributed by atoms with Crippen molar-refractivity contribution in [3.05, 3.63) is 30.7 Å². The second kappa shape index (κ2) is 7.19. The molecule has 2 aromatic heterocycles. The Morgan fingerprint density at radius 3 is 2.77 bits per heavy atom. The van der Waals surface area contributed by atoms with Gasteiger partial charge in [-0.2, -0.15) is 5.10 Å². The normalized spacial score (nSPS) is 11.7. The molecule has 0 aromatic carbocycles. The van der Waals surface area contributed by atoms with Crippen molar-refractivity contribution in [1.29, 1.82) is 0 Å². The van der Waals surface area contributed by atoms with Crippen molar-refractivity contribution in [2.24, 2.45) is 0 Å². The van der Waals surface area contributed by atoms with Gasteiger partial charge in [-0.1, -0.05) is 19.6 Å². The van der Waals surface area contributed by atoms with Crippen molar-refractivity contribution in [3.63, 3.8) is 0 Å². The van der Waals surface area contributed by atoms with E-state index in [2.05, 4.69) is 29.7 Å². The van der Waals surface area contributed by atoms with Crippen molar-refractivity contribution < 1.29 is 14.8 Å². The number of hydrogen-bond acceptors (Lipinski definition) is 5. The molecule has 0 radical (unpaired) electrons. The molecule has 0 aliphatic heterocycles. The van der Waals surface area contributed by atoms with E-state index in [1.807, 2.05) is 6.20 Å². The molecule has 2 heterocycles. The van der Waals surface area contributed by atoms with E-state index >= 15 is 0 Å². The third-order valence-electron chi connectivity index (χ3n) is 3.23. The van der Waals surface area contributed by atoms with E-state index in [-0.39, 0.29) is 0 Å². The molecular formula is C14H22BN3O3Si. The molecular weight excluding hydrogens is 297 g/mol. The number of pyridine rings is 1. The van der Waals surface area contributed by atoms with E-state index in [1.165, 1.54) is 0 Å². The minimum Gasteiger partial charge on any atom is -0.423 e. The van der Waals surface area contributed by atoms with Gasteiger partial charge in [0.2, 0.25) is 0 Å². The van der Waals surface area contributed by atoms with Gasteiger partial charge < -0.3 is 14.8 Å². The molecule has 0 saturated heterocycles. The monoisotopic (exact) mass is 319 g/mol. The lowest BCUT2D eigenvalue weighted by Gasteiger charge is -2.15. The highest BCUT2D eigenvalue weighted by Gasteiger charge is 2.13. The second-order valence-corrected chi connectivity index (χ2v) is 12.1. The Balaban J connectivity index is 1.95. The lowest BCUT2D eigenvalue weighted by atomic mass is 9.80. The summed E-state index contributed by atoms with van der Waals surface area (Å²) in [6.45, 7) is 8.10. The van der Waals surface area contributed by atoms with Crippen LogP contribution in [0, 0.1) is 0 Å². The van der Waals surface area contributed by atoms with E-state index in [1.54, 1.807) is 29.2 Å². The smallest absolute Gasteiger partial charge is 0.423 e.